The lowest BCUT2D eigenvalue weighted by Gasteiger charge is -2.17. The van der Waals surface area contributed by atoms with Crippen molar-refractivity contribution in [2.24, 2.45) is 5.41 Å². The molecule has 17 heavy (non-hydrogen) atoms. The lowest BCUT2D eigenvalue weighted by molar-refractivity contribution is -0.123. The van der Waals surface area contributed by atoms with E-state index in [4.69, 9.17) is 0 Å². The Bertz CT molecular complexity index is 436. The van der Waals surface area contributed by atoms with Gasteiger partial charge in [0.15, 0.2) is 0 Å². The Balaban J connectivity index is 2.87. The summed E-state index contributed by atoms with van der Waals surface area (Å²) in [7, 11) is 1.30. The minimum Gasteiger partial charge on any atom is -0.465 e. The van der Waals surface area contributed by atoms with Crippen molar-refractivity contribution in [1.82, 2.24) is 4.98 Å². The van der Waals surface area contributed by atoms with Crippen LogP contribution in [0.1, 0.15) is 31.1 Å². The third-order valence-electron chi connectivity index (χ3n) is 2.10. The molecule has 5 nitrogen and oxygen atoms in total. The Hall–Kier alpha value is -1.91. The normalized spacial score (nSPS) is 10.8. The zero-order chi connectivity index (χ0) is 13.1. The third kappa shape index (κ3) is 3.55. The van der Waals surface area contributed by atoms with E-state index in [2.05, 4.69) is 15.0 Å². The molecule has 0 aliphatic heterocycles. The zero-order valence-corrected chi connectivity index (χ0v) is 10.4. The molecule has 0 bridgehead atoms. The average Bonchev–Trinajstić information content (AvgIpc) is 2.27. The highest BCUT2D eigenvalue weighted by Gasteiger charge is 2.21. The highest BCUT2D eigenvalue weighted by molar-refractivity contribution is 5.95. The third-order valence-corrected chi connectivity index (χ3v) is 2.10. The number of anilines is 1. The largest absolute Gasteiger partial charge is 0.465 e. The molecule has 1 N–H and O–H groups in total. The standard InChI is InChI=1S/C12H16N2O3/c1-12(2,3)11(16)14-9-7-8(5-6-13-9)10(15)17-4/h5-7H,1-4H3,(H,13,14,16). The van der Waals surface area contributed by atoms with Crippen LogP contribution in [0.25, 0.3) is 0 Å². The maximum absolute atomic E-state index is 11.7. The van der Waals surface area contributed by atoms with Gasteiger partial charge in [-0.25, -0.2) is 9.78 Å². The van der Waals surface area contributed by atoms with Gasteiger partial charge in [0.05, 0.1) is 12.7 Å². The first-order valence-corrected chi connectivity index (χ1v) is 5.20. The van der Waals surface area contributed by atoms with Gasteiger partial charge in [0.2, 0.25) is 5.91 Å². The Morgan fingerprint density at radius 1 is 1.35 bits per heavy atom. The minimum atomic E-state index is -0.511. The first kappa shape index (κ1) is 13.2. The Morgan fingerprint density at radius 3 is 2.53 bits per heavy atom. The summed E-state index contributed by atoms with van der Waals surface area (Å²) < 4.78 is 4.58. The molecule has 0 saturated heterocycles. The first-order valence-electron chi connectivity index (χ1n) is 5.20. The van der Waals surface area contributed by atoms with E-state index in [1.165, 1.54) is 25.4 Å². The van der Waals surface area contributed by atoms with E-state index in [9.17, 15) is 9.59 Å². The lowest BCUT2D eigenvalue weighted by Crippen LogP contribution is -2.28. The topological polar surface area (TPSA) is 68.3 Å². The van der Waals surface area contributed by atoms with Gasteiger partial charge in [0.1, 0.15) is 5.82 Å². The van der Waals surface area contributed by atoms with Crippen molar-refractivity contribution in [3.05, 3.63) is 23.9 Å². The molecule has 0 aromatic carbocycles. The predicted molar refractivity (Wildman–Crippen MR) is 63.7 cm³/mol. The van der Waals surface area contributed by atoms with E-state index in [1.807, 2.05) is 0 Å². The summed E-state index contributed by atoms with van der Waals surface area (Å²) >= 11 is 0. The highest BCUT2D eigenvalue weighted by Crippen LogP contribution is 2.16. The molecule has 0 aliphatic rings. The van der Waals surface area contributed by atoms with Crippen LogP contribution in [0, 0.1) is 5.41 Å². The first-order chi connectivity index (χ1) is 7.84. The number of hydrogen-bond donors (Lipinski definition) is 1. The number of nitrogens with zero attached hydrogens (tertiary/aromatic N) is 1. The van der Waals surface area contributed by atoms with Crippen molar-refractivity contribution in [3.8, 4) is 0 Å². The molecule has 0 fully saturated rings. The SMILES string of the molecule is COC(=O)c1ccnc(NC(=O)C(C)(C)C)c1. The molecule has 92 valence electrons. The number of rotatable bonds is 2. The van der Waals surface area contributed by atoms with E-state index in [-0.39, 0.29) is 5.91 Å². The zero-order valence-electron chi connectivity index (χ0n) is 10.4. The van der Waals surface area contributed by atoms with Gasteiger partial charge in [-0.2, -0.15) is 0 Å². The molecule has 1 aromatic rings. The number of carbonyl (C=O) groups is 2. The number of pyridine rings is 1. The summed E-state index contributed by atoms with van der Waals surface area (Å²) in [6.07, 6.45) is 1.45. The van der Waals surface area contributed by atoms with E-state index >= 15 is 0 Å². The van der Waals surface area contributed by atoms with Crippen LogP contribution in [0.15, 0.2) is 18.3 Å². The monoisotopic (exact) mass is 236 g/mol. The molecular formula is C12H16N2O3. The summed E-state index contributed by atoms with van der Waals surface area (Å²) in [6, 6.07) is 3.01. The van der Waals surface area contributed by atoms with Gasteiger partial charge in [-0.15, -0.1) is 0 Å². The van der Waals surface area contributed by atoms with Crippen LogP contribution >= 0.6 is 0 Å². The summed E-state index contributed by atoms with van der Waals surface area (Å²) in [5, 5.41) is 2.64. The summed E-state index contributed by atoms with van der Waals surface area (Å²) in [4.78, 5) is 27.0. The fourth-order valence-corrected chi connectivity index (χ4v) is 1.05. The maximum atomic E-state index is 11.7. The Labute approximate surface area is 100 Å². The molecule has 1 heterocycles. The molecule has 0 saturated carbocycles. The van der Waals surface area contributed by atoms with Gasteiger partial charge in [-0.3, -0.25) is 4.79 Å². The maximum Gasteiger partial charge on any atom is 0.338 e. The molecule has 0 radical (unpaired) electrons. The fourth-order valence-electron chi connectivity index (χ4n) is 1.05. The van der Waals surface area contributed by atoms with Gasteiger partial charge in [-0.05, 0) is 12.1 Å². The smallest absolute Gasteiger partial charge is 0.338 e. The van der Waals surface area contributed by atoms with Crippen molar-refractivity contribution in [1.29, 1.82) is 0 Å². The van der Waals surface area contributed by atoms with E-state index in [0.717, 1.165) is 0 Å². The van der Waals surface area contributed by atoms with E-state index in [1.54, 1.807) is 20.8 Å². The van der Waals surface area contributed by atoms with Crippen LogP contribution in [0.2, 0.25) is 0 Å². The quantitative estimate of drug-likeness (QED) is 0.796. The van der Waals surface area contributed by atoms with Gasteiger partial charge < -0.3 is 10.1 Å². The van der Waals surface area contributed by atoms with Crippen LogP contribution in [0.5, 0.6) is 0 Å². The molecule has 0 aliphatic carbocycles. The molecule has 0 atom stereocenters. The number of carbonyl (C=O) groups excluding carboxylic acids is 2. The number of hydrogen-bond acceptors (Lipinski definition) is 4. The molecule has 1 rings (SSSR count). The Morgan fingerprint density at radius 2 is 2.00 bits per heavy atom. The van der Waals surface area contributed by atoms with Gasteiger partial charge >= 0.3 is 5.97 Å². The summed E-state index contributed by atoms with van der Waals surface area (Å²) in [5.41, 5.74) is -0.158. The number of amides is 1. The number of ether oxygens (including phenoxy) is 1. The molecule has 0 spiro atoms. The van der Waals surface area contributed by atoms with Crippen LogP contribution in [-0.4, -0.2) is 24.0 Å². The number of aromatic nitrogens is 1. The summed E-state index contributed by atoms with van der Waals surface area (Å²) in [5.74, 6) is -0.279. The van der Waals surface area contributed by atoms with Crippen LogP contribution in [-0.2, 0) is 9.53 Å². The lowest BCUT2D eigenvalue weighted by atomic mass is 9.96. The number of esters is 1. The molecular weight excluding hydrogens is 220 g/mol. The number of methoxy groups -OCH3 is 1. The fraction of sp³-hybridized carbons (Fsp3) is 0.417. The number of nitrogens with one attached hydrogen (secondary N) is 1. The predicted octanol–water partition coefficient (Wildman–Crippen LogP) is 1.85. The molecule has 0 unspecified atom stereocenters. The van der Waals surface area contributed by atoms with Crippen molar-refractivity contribution in [3.63, 3.8) is 0 Å². The minimum absolute atomic E-state index is 0.160. The van der Waals surface area contributed by atoms with Crippen molar-refractivity contribution in [2.75, 3.05) is 12.4 Å². The Kier molecular flexibility index (Phi) is 3.83. The van der Waals surface area contributed by atoms with Crippen molar-refractivity contribution < 1.29 is 14.3 Å². The second-order valence-electron chi connectivity index (χ2n) is 4.63. The van der Waals surface area contributed by atoms with Crippen molar-refractivity contribution >= 4 is 17.7 Å². The van der Waals surface area contributed by atoms with Crippen LogP contribution < -0.4 is 5.32 Å². The van der Waals surface area contributed by atoms with Crippen LogP contribution in [0.4, 0.5) is 5.82 Å². The molecule has 5 heteroatoms. The van der Waals surface area contributed by atoms with Gasteiger partial charge in [0.25, 0.3) is 0 Å². The summed E-state index contributed by atoms with van der Waals surface area (Å²) in [6.45, 7) is 5.39. The second-order valence-corrected chi connectivity index (χ2v) is 4.63. The van der Waals surface area contributed by atoms with E-state index < -0.39 is 11.4 Å². The molecule has 1 amide bonds. The van der Waals surface area contributed by atoms with Gasteiger partial charge in [-0.1, -0.05) is 20.8 Å². The van der Waals surface area contributed by atoms with Crippen LogP contribution in [0.3, 0.4) is 0 Å². The van der Waals surface area contributed by atoms with Crippen molar-refractivity contribution in [2.45, 2.75) is 20.8 Å². The average molecular weight is 236 g/mol. The molecule has 1 aromatic heterocycles. The highest BCUT2D eigenvalue weighted by atomic mass is 16.5. The van der Waals surface area contributed by atoms with E-state index in [0.29, 0.717) is 11.4 Å². The van der Waals surface area contributed by atoms with Gasteiger partial charge in [0, 0.05) is 11.6 Å². The second kappa shape index (κ2) is 4.95.